The van der Waals surface area contributed by atoms with E-state index in [1.165, 1.54) is 6.20 Å². The number of pyridine rings is 1. The van der Waals surface area contributed by atoms with E-state index < -0.39 is 0 Å². The number of nitrogens with zero attached hydrogens (tertiary/aromatic N) is 5. The number of aromatic amines is 1. The van der Waals surface area contributed by atoms with Crippen LogP contribution in [0.2, 0.25) is 0 Å². The topological polar surface area (TPSA) is 113 Å². The number of piperazine rings is 1. The molecule has 0 radical (unpaired) electrons. The minimum absolute atomic E-state index is 0.222. The maximum atomic E-state index is 12.4. The monoisotopic (exact) mass is 390 g/mol. The van der Waals surface area contributed by atoms with E-state index in [1.54, 1.807) is 18.5 Å². The molecule has 4 rings (SSSR count). The van der Waals surface area contributed by atoms with Gasteiger partial charge in [-0.1, -0.05) is 18.2 Å². The summed E-state index contributed by atoms with van der Waals surface area (Å²) in [5, 5.41) is 7.41. The molecule has 0 aliphatic carbocycles. The first-order chi connectivity index (χ1) is 14.1. The van der Waals surface area contributed by atoms with Gasteiger partial charge in [0.25, 0.3) is 5.56 Å². The number of rotatable bonds is 5. The third kappa shape index (κ3) is 4.14. The molecule has 0 spiro atoms. The van der Waals surface area contributed by atoms with Crippen molar-refractivity contribution in [2.45, 2.75) is 0 Å². The highest BCUT2D eigenvalue weighted by molar-refractivity contribution is 5.82. The molecule has 0 bridgehead atoms. The number of nitrogens with one attached hydrogen (secondary N) is 3. The summed E-state index contributed by atoms with van der Waals surface area (Å²) in [4.78, 5) is 28.5. The minimum atomic E-state index is -0.297. The summed E-state index contributed by atoms with van der Waals surface area (Å²) in [6.45, 7) is 3.77. The second kappa shape index (κ2) is 8.19. The number of benzene rings is 1. The first kappa shape index (κ1) is 18.8. The number of H-pyrrole nitrogens is 1. The maximum absolute atomic E-state index is 12.4. The van der Waals surface area contributed by atoms with Crippen LogP contribution < -0.4 is 15.8 Å². The van der Waals surface area contributed by atoms with Crippen LogP contribution in [0, 0.1) is 5.53 Å². The molecular formula is C20H22N8O. The molecule has 1 saturated heterocycles. The largest absolute Gasteiger partial charge is 0.357 e. The summed E-state index contributed by atoms with van der Waals surface area (Å²) in [5.74, 6) is 0.698. The zero-order chi connectivity index (χ0) is 20.2. The number of hydrogen-bond donors (Lipinski definition) is 3. The lowest BCUT2D eigenvalue weighted by atomic mass is 10.1. The van der Waals surface area contributed by atoms with Crippen LogP contribution >= 0.6 is 0 Å². The zero-order valence-electron chi connectivity index (χ0n) is 16.1. The molecule has 0 saturated carbocycles. The van der Waals surface area contributed by atoms with Gasteiger partial charge in [-0.15, -0.1) is 0 Å². The van der Waals surface area contributed by atoms with Crippen LogP contribution in [0.5, 0.6) is 0 Å². The predicted octanol–water partition coefficient (Wildman–Crippen LogP) is 2.51. The highest BCUT2D eigenvalue weighted by Gasteiger charge is 2.16. The quantitative estimate of drug-likeness (QED) is 0.577. The number of hydrogen-bond acceptors (Lipinski definition) is 8. The van der Waals surface area contributed by atoms with Crippen LogP contribution in [0.4, 0.5) is 11.6 Å². The molecule has 1 fully saturated rings. The van der Waals surface area contributed by atoms with Crippen molar-refractivity contribution in [2.24, 2.45) is 5.11 Å². The van der Waals surface area contributed by atoms with Crippen LogP contribution in [-0.4, -0.2) is 53.1 Å². The lowest BCUT2D eigenvalue weighted by Crippen LogP contribution is -2.45. The molecule has 3 heterocycles. The molecular weight excluding hydrogens is 368 g/mol. The molecule has 0 unspecified atom stereocenters. The van der Waals surface area contributed by atoms with E-state index in [4.69, 9.17) is 5.53 Å². The summed E-state index contributed by atoms with van der Waals surface area (Å²) in [7, 11) is 2.10. The van der Waals surface area contributed by atoms with Gasteiger partial charge in [-0.3, -0.25) is 4.79 Å². The number of aromatic nitrogens is 3. The minimum Gasteiger partial charge on any atom is -0.357 e. The van der Waals surface area contributed by atoms with Gasteiger partial charge < -0.3 is 20.1 Å². The van der Waals surface area contributed by atoms with Crippen LogP contribution in [-0.2, 0) is 0 Å². The SMILES string of the molecule is CN1CCN(c2ncc(N/C=C(\N=N)c3cc4ccccc4[nH]c3=O)cn2)CC1. The van der Waals surface area contributed by atoms with Gasteiger partial charge in [0.05, 0.1) is 23.6 Å². The average Bonchev–Trinajstić information content (AvgIpc) is 2.75. The molecule has 3 aromatic rings. The first-order valence-electron chi connectivity index (χ1n) is 9.36. The highest BCUT2D eigenvalue weighted by atomic mass is 16.1. The Labute approximate surface area is 167 Å². The Kier molecular flexibility index (Phi) is 5.30. The first-order valence-corrected chi connectivity index (χ1v) is 9.36. The van der Waals surface area contributed by atoms with Crippen molar-refractivity contribution in [3.63, 3.8) is 0 Å². The van der Waals surface area contributed by atoms with E-state index >= 15 is 0 Å². The predicted molar refractivity (Wildman–Crippen MR) is 113 cm³/mol. The standard InChI is InChI=1S/C20H22N8O/c1-27-6-8-28(9-7-27)20-23-11-15(12-24-20)22-13-18(26-21)16-10-14-4-2-3-5-17(14)25-19(16)29/h2-5,10-13,21-22H,6-9H2,1H3,(H,25,29)/b18-13-,26-21?. The molecule has 148 valence electrons. The fourth-order valence-electron chi connectivity index (χ4n) is 3.23. The highest BCUT2D eigenvalue weighted by Crippen LogP contribution is 2.18. The second-order valence-corrected chi connectivity index (χ2v) is 6.95. The summed E-state index contributed by atoms with van der Waals surface area (Å²) in [5.41, 5.74) is 9.12. The van der Waals surface area contributed by atoms with Crippen molar-refractivity contribution in [1.82, 2.24) is 19.9 Å². The Morgan fingerprint density at radius 2 is 1.93 bits per heavy atom. The summed E-state index contributed by atoms with van der Waals surface area (Å²) < 4.78 is 0. The molecule has 9 nitrogen and oxygen atoms in total. The summed E-state index contributed by atoms with van der Waals surface area (Å²) in [6, 6.07) is 9.21. The lowest BCUT2D eigenvalue weighted by Gasteiger charge is -2.32. The van der Waals surface area contributed by atoms with Crippen molar-refractivity contribution < 1.29 is 0 Å². The molecule has 0 amide bonds. The van der Waals surface area contributed by atoms with Gasteiger partial charge in [0.1, 0.15) is 5.70 Å². The average molecular weight is 390 g/mol. The number of fused-ring (bicyclic) bond motifs is 1. The van der Waals surface area contributed by atoms with Gasteiger partial charge in [-0.2, -0.15) is 5.11 Å². The van der Waals surface area contributed by atoms with Gasteiger partial charge in [0.2, 0.25) is 5.95 Å². The normalized spacial score (nSPS) is 15.5. The van der Waals surface area contributed by atoms with Crippen molar-refractivity contribution in [3.8, 4) is 0 Å². The molecule has 0 atom stereocenters. The Morgan fingerprint density at radius 3 is 2.66 bits per heavy atom. The fourth-order valence-corrected chi connectivity index (χ4v) is 3.23. The van der Waals surface area contributed by atoms with Crippen LogP contribution in [0.3, 0.4) is 0 Å². The van der Waals surface area contributed by atoms with Gasteiger partial charge in [0, 0.05) is 37.9 Å². The Balaban J connectivity index is 1.52. The fraction of sp³-hybridized carbons (Fsp3) is 0.250. The molecule has 3 N–H and O–H groups in total. The molecule has 9 heteroatoms. The smallest absolute Gasteiger partial charge is 0.258 e. The van der Waals surface area contributed by atoms with E-state index in [2.05, 4.69) is 42.2 Å². The summed E-state index contributed by atoms with van der Waals surface area (Å²) in [6.07, 6.45) is 4.88. The molecule has 1 aliphatic rings. The Morgan fingerprint density at radius 1 is 1.21 bits per heavy atom. The van der Waals surface area contributed by atoms with E-state index in [9.17, 15) is 4.79 Å². The van der Waals surface area contributed by atoms with Crippen LogP contribution in [0.25, 0.3) is 16.6 Å². The zero-order valence-corrected chi connectivity index (χ0v) is 16.1. The van der Waals surface area contributed by atoms with Crippen molar-refractivity contribution in [2.75, 3.05) is 43.4 Å². The molecule has 29 heavy (non-hydrogen) atoms. The number of para-hydroxylation sites is 1. The van der Waals surface area contributed by atoms with Crippen LogP contribution in [0.15, 0.2) is 58.8 Å². The van der Waals surface area contributed by atoms with Gasteiger partial charge in [-0.25, -0.2) is 15.5 Å². The third-order valence-electron chi connectivity index (χ3n) is 4.95. The van der Waals surface area contributed by atoms with E-state index in [-0.39, 0.29) is 11.3 Å². The number of anilines is 2. The Bertz CT molecular complexity index is 1100. The van der Waals surface area contributed by atoms with E-state index in [0.717, 1.165) is 37.1 Å². The number of likely N-dealkylation sites (N-methyl/N-ethyl adjacent to an activating group) is 1. The molecule has 2 aromatic heterocycles. The Hall–Kier alpha value is -3.59. The van der Waals surface area contributed by atoms with E-state index in [0.29, 0.717) is 17.2 Å². The molecule has 1 aromatic carbocycles. The van der Waals surface area contributed by atoms with Crippen molar-refractivity contribution >= 4 is 28.2 Å². The maximum Gasteiger partial charge on any atom is 0.258 e. The van der Waals surface area contributed by atoms with Gasteiger partial charge >= 0.3 is 0 Å². The second-order valence-electron chi connectivity index (χ2n) is 6.95. The third-order valence-corrected chi connectivity index (χ3v) is 4.95. The summed E-state index contributed by atoms with van der Waals surface area (Å²) >= 11 is 0. The van der Waals surface area contributed by atoms with Crippen LogP contribution in [0.1, 0.15) is 5.56 Å². The lowest BCUT2D eigenvalue weighted by molar-refractivity contribution is 0.311. The molecule has 1 aliphatic heterocycles. The van der Waals surface area contributed by atoms with Crippen molar-refractivity contribution in [3.05, 3.63) is 64.8 Å². The van der Waals surface area contributed by atoms with Crippen molar-refractivity contribution in [1.29, 1.82) is 5.53 Å². The van der Waals surface area contributed by atoms with E-state index in [1.807, 2.05) is 24.3 Å². The van der Waals surface area contributed by atoms with Gasteiger partial charge in [-0.05, 0) is 24.6 Å². The van der Waals surface area contributed by atoms with Gasteiger partial charge in [0.15, 0.2) is 0 Å².